The Balaban J connectivity index is 2.56. The molecular formula is C10H8OS. The highest BCUT2D eigenvalue weighted by Gasteiger charge is 2.19. The molecule has 0 aromatic heterocycles. The van der Waals surface area contributed by atoms with Crippen molar-refractivity contribution >= 4 is 17.5 Å². The van der Waals surface area contributed by atoms with Crippen molar-refractivity contribution in [3.8, 4) is 0 Å². The molecule has 1 aliphatic rings. The summed E-state index contributed by atoms with van der Waals surface area (Å²) < 4.78 is 0. The monoisotopic (exact) mass is 176 g/mol. The van der Waals surface area contributed by atoms with E-state index in [0.717, 1.165) is 16.2 Å². The van der Waals surface area contributed by atoms with Crippen molar-refractivity contribution in [1.82, 2.24) is 0 Å². The molecule has 0 fully saturated rings. The Hall–Kier alpha value is -1.02. The zero-order chi connectivity index (χ0) is 8.55. The second-order valence-electron chi connectivity index (χ2n) is 2.72. The number of ketones is 1. The van der Waals surface area contributed by atoms with E-state index in [1.54, 1.807) is 11.8 Å². The van der Waals surface area contributed by atoms with Gasteiger partial charge < -0.3 is 0 Å². The van der Waals surface area contributed by atoms with E-state index in [0.29, 0.717) is 5.57 Å². The highest BCUT2D eigenvalue weighted by Crippen LogP contribution is 2.31. The van der Waals surface area contributed by atoms with Crippen LogP contribution in [0.15, 0.2) is 41.3 Å². The maximum Gasteiger partial charge on any atom is 0.190 e. The van der Waals surface area contributed by atoms with Gasteiger partial charge in [0.2, 0.25) is 0 Å². The first-order valence-corrected chi connectivity index (χ1v) is 4.72. The van der Waals surface area contributed by atoms with Crippen LogP contribution in [0.3, 0.4) is 0 Å². The number of carbonyl (C=O) groups is 1. The smallest absolute Gasteiger partial charge is 0.190 e. The zero-order valence-corrected chi connectivity index (χ0v) is 7.36. The molecule has 0 saturated carbocycles. The summed E-state index contributed by atoms with van der Waals surface area (Å²) in [6, 6.07) is 7.67. The molecule has 60 valence electrons. The van der Waals surface area contributed by atoms with E-state index >= 15 is 0 Å². The van der Waals surface area contributed by atoms with Crippen molar-refractivity contribution < 1.29 is 4.79 Å². The minimum Gasteiger partial charge on any atom is -0.289 e. The third-order valence-corrected chi connectivity index (χ3v) is 3.01. The van der Waals surface area contributed by atoms with Crippen molar-refractivity contribution in [2.24, 2.45) is 0 Å². The van der Waals surface area contributed by atoms with Gasteiger partial charge in [0, 0.05) is 21.8 Å². The lowest BCUT2D eigenvalue weighted by molar-refractivity contribution is 0.103. The lowest BCUT2D eigenvalue weighted by Crippen LogP contribution is -2.10. The molecule has 2 rings (SSSR count). The third-order valence-electron chi connectivity index (χ3n) is 1.85. The molecule has 0 aliphatic carbocycles. The molecule has 1 aromatic rings. The van der Waals surface area contributed by atoms with Gasteiger partial charge in [0.25, 0.3) is 0 Å². The summed E-state index contributed by atoms with van der Waals surface area (Å²) in [5.74, 6) is 0.833. The SMILES string of the molecule is C=C1CSc2ccccc2C1=O. The molecular weight excluding hydrogens is 168 g/mol. The van der Waals surface area contributed by atoms with E-state index in [1.807, 2.05) is 24.3 Å². The Bertz CT molecular complexity index is 355. The molecule has 0 bridgehead atoms. The summed E-state index contributed by atoms with van der Waals surface area (Å²) in [6.07, 6.45) is 0. The Morgan fingerprint density at radius 2 is 2.08 bits per heavy atom. The zero-order valence-electron chi connectivity index (χ0n) is 6.54. The van der Waals surface area contributed by atoms with Crippen LogP contribution in [-0.2, 0) is 0 Å². The Morgan fingerprint density at radius 3 is 2.92 bits per heavy atom. The van der Waals surface area contributed by atoms with Crippen LogP contribution in [0.4, 0.5) is 0 Å². The average Bonchev–Trinajstić information content (AvgIpc) is 2.12. The van der Waals surface area contributed by atoms with Gasteiger partial charge in [-0.3, -0.25) is 4.79 Å². The van der Waals surface area contributed by atoms with Crippen molar-refractivity contribution in [3.63, 3.8) is 0 Å². The minimum absolute atomic E-state index is 0.101. The van der Waals surface area contributed by atoms with Crippen molar-refractivity contribution in [2.75, 3.05) is 5.75 Å². The highest BCUT2D eigenvalue weighted by molar-refractivity contribution is 7.99. The number of hydrogen-bond acceptors (Lipinski definition) is 2. The van der Waals surface area contributed by atoms with Crippen LogP contribution in [0, 0.1) is 0 Å². The summed E-state index contributed by atoms with van der Waals surface area (Å²) in [7, 11) is 0. The van der Waals surface area contributed by atoms with Gasteiger partial charge in [0.15, 0.2) is 5.78 Å². The molecule has 1 heterocycles. The fraction of sp³-hybridized carbons (Fsp3) is 0.100. The fourth-order valence-corrected chi connectivity index (χ4v) is 2.15. The second-order valence-corrected chi connectivity index (χ2v) is 3.73. The maximum atomic E-state index is 11.5. The molecule has 12 heavy (non-hydrogen) atoms. The number of thioether (sulfide) groups is 1. The summed E-state index contributed by atoms with van der Waals surface area (Å²) in [5, 5.41) is 0. The minimum atomic E-state index is 0.101. The number of Topliss-reactive ketones (excluding diaryl/α,β-unsaturated/α-hetero) is 1. The van der Waals surface area contributed by atoms with E-state index in [9.17, 15) is 4.79 Å². The summed E-state index contributed by atoms with van der Waals surface area (Å²) in [4.78, 5) is 12.6. The van der Waals surface area contributed by atoms with Crippen molar-refractivity contribution in [3.05, 3.63) is 42.0 Å². The van der Waals surface area contributed by atoms with Crippen molar-refractivity contribution in [1.29, 1.82) is 0 Å². The van der Waals surface area contributed by atoms with Crippen LogP contribution in [0.25, 0.3) is 0 Å². The summed E-state index contributed by atoms with van der Waals surface area (Å²) >= 11 is 1.68. The normalized spacial score (nSPS) is 16.0. The topological polar surface area (TPSA) is 17.1 Å². The molecule has 1 aliphatic heterocycles. The van der Waals surface area contributed by atoms with E-state index in [1.165, 1.54) is 0 Å². The molecule has 0 radical (unpaired) electrons. The lowest BCUT2D eigenvalue weighted by Gasteiger charge is -2.14. The number of fused-ring (bicyclic) bond motifs is 1. The largest absolute Gasteiger partial charge is 0.289 e. The lowest BCUT2D eigenvalue weighted by atomic mass is 10.1. The molecule has 1 nitrogen and oxygen atoms in total. The Kier molecular flexibility index (Phi) is 1.77. The Labute approximate surface area is 75.5 Å². The molecule has 0 N–H and O–H groups in total. The molecule has 0 amide bonds. The van der Waals surface area contributed by atoms with E-state index in [2.05, 4.69) is 6.58 Å². The second kappa shape index (κ2) is 2.79. The molecule has 0 atom stereocenters. The Morgan fingerprint density at radius 1 is 1.33 bits per heavy atom. The number of carbonyl (C=O) groups excluding carboxylic acids is 1. The average molecular weight is 176 g/mol. The van der Waals surface area contributed by atoms with Crippen LogP contribution in [0.5, 0.6) is 0 Å². The third kappa shape index (κ3) is 1.08. The summed E-state index contributed by atoms with van der Waals surface area (Å²) in [6.45, 7) is 3.72. The van der Waals surface area contributed by atoms with Gasteiger partial charge in [-0.05, 0) is 12.1 Å². The first-order chi connectivity index (χ1) is 5.79. The van der Waals surface area contributed by atoms with Gasteiger partial charge in [-0.25, -0.2) is 0 Å². The predicted octanol–water partition coefficient (Wildman–Crippen LogP) is 2.53. The van der Waals surface area contributed by atoms with Crippen molar-refractivity contribution in [2.45, 2.75) is 4.90 Å². The van der Waals surface area contributed by atoms with Gasteiger partial charge in [-0.15, -0.1) is 11.8 Å². The quantitative estimate of drug-likeness (QED) is 0.565. The van der Waals surface area contributed by atoms with E-state index in [-0.39, 0.29) is 5.78 Å². The van der Waals surface area contributed by atoms with Crippen LogP contribution in [0.2, 0.25) is 0 Å². The summed E-state index contributed by atoms with van der Waals surface area (Å²) in [5.41, 5.74) is 1.51. The van der Waals surface area contributed by atoms with Gasteiger partial charge in [-0.1, -0.05) is 18.7 Å². The van der Waals surface area contributed by atoms with Gasteiger partial charge in [0.1, 0.15) is 0 Å². The molecule has 0 unspecified atom stereocenters. The first kappa shape index (κ1) is 7.62. The first-order valence-electron chi connectivity index (χ1n) is 3.73. The number of benzene rings is 1. The van der Waals surface area contributed by atoms with E-state index in [4.69, 9.17) is 0 Å². The van der Waals surface area contributed by atoms with Crippen LogP contribution >= 0.6 is 11.8 Å². The molecule has 0 saturated heterocycles. The van der Waals surface area contributed by atoms with Gasteiger partial charge >= 0.3 is 0 Å². The molecule has 0 spiro atoms. The fourth-order valence-electron chi connectivity index (χ4n) is 1.20. The standard InChI is InChI=1S/C10H8OS/c1-7-6-12-9-5-3-2-4-8(9)10(7)11/h2-5H,1,6H2. The van der Waals surface area contributed by atoms with Crippen LogP contribution < -0.4 is 0 Å². The van der Waals surface area contributed by atoms with Crippen LogP contribution in [0.1, 0.15) is 10.4 Å². The van der Waals surface area contributed by atoms with E-state index < -0.39 is 0 Å². The predicted molar refractivity (Wildman–Crippen MR) is 50.6 cm³/mol. The molecule has 2 heteroatoms. The van der Waals surface area contributed by atoms with Gasteiger partial charge in [-0.2, -0.15) is 0 Å². The van der Waals surface area contributed by atoms with Crippen LogP contribution in [-0.4, -0.2) is 11.5 Å². The number of hydrogen-bond donors (Lipinski definition) is 0. The highest BCUT2D eigenvalue weighted by atomic mass is 32.2. The van der Waals surface area contributed by atoms with Gasteiger partial charge in [0.05, 0.1) is 0 Å². The maximum absolute atomic E-state index is 11.5. The number of rotatable bonds is 0. The molecule has 1 aromatic carbocycles.